The Morgan fingerprint density at radius 1 is 0.588 bits per heavy atom. The van der Waals surface area contributed by atoms with E-state index < -0.39 is 0 Å². The van der Waals surface area contributed by atoms with E-state index in [1.807, 2.05) is 0 Å². The number of hydrogen-bond donors (Lipinski definition) is 0. The molecule has 0 spiro atoms. The fourth-order valence-corrected chi connectivity index (χ4v) is 8.13. The van der Waals surface area contributed by atoms with Crippen molar-refractivity contribution in [2.45, 2.75) is 37.5 Å². The Morgan fingerprint density at radius 2 is 1.06 bits per heavy atom. The van der Waals surface area contributed by atoms with Crippen molar-refractivity contribution in [2.75, 3.05) is 76.3 Å². The zero-order valence-corrected chi connectivity index (χ0v) is 21.0. The van der Waals surface area contributed by atoms with Gasteiger partial charge in [-0.05, 0) is 87.0 Å². The molecule has 2 fully saturated rings. The number of para-hydroxylation sites is 2. The summed E-state index contributed by atoms with van der Waals surface area (Å²) in [6, 6.07) is 14.0. The van der Waals surface area contributed by atoms with Gasteiger partial charge < -0.3 is 19.6 Å². The van der Waals surface area contributed by atoms with Crippen LogP contribution in [0.25, 0.3) is 0 Å². The van der Waals surface area contributed by atoms with E-state index in [1.54, 1.807) is 33.6 Å². The van der Waals surface area contributed by atoms with Crippen molar-refractivity contribution in [3.63, 3.8) is 0 Å². The van der Waals surface area contributed by atoms with Gasteiger partial charge in [0, 0.05) is 62.5 Å². The number of fused-ring (bicyclic) bond motifs is 4. The van der Waals surface area contributed by atoms with Gasteiger partial charge in [0.15, 0.2) is 0 Å². The first kappa shape index (κ1) is 21.3. The second kappa shape index (κ2) is 8.27. The van der Waals surface area contributed by atoms with Gasteiger partial charge in [0.1, 0.15) is 0 Å². The molecule has 4 nitrogen and oxygen atoms in total. The van der Waals surface area contributed by atoms with Crippen molar-refractivity contribution < 1.29 is 0 Å². The standard InChI is InChI=1S/2C15H20N2/c2*1-16-7-5-12-9-17-8-6-11-3-2-4-13(15(11)17)14(12)10-16/h2*2-4,12,14H,5-10H2,1H3/t2*12-,14-/m11/s1. The van der Waals surface area contributed by atoms with Gasteiger partial charge in [-0.25, -0.2) is 0 Å². The number of likely N-dealkylation sites (tertiary alicyclic amines) is 2. The summed E-state index contributed by atoms with van der Waals surface area (Å²) in [5.41, 5.74) is 9.67. The fourth-order valence-electron chi connectivity index (χ4n) is 8.13. The summed E-state index contributed by atoms with van der Waals surface area (Å²) in [5, 5.41) is 0. The summed E-state index contributed by atoms with van der Waals surface area (Å²) in [4.78, 5) is 10.3. The molecule has 0 unspecified atom stereocenters. The maximum absolute atomic E-state index is 2.65. The molecule has 4 heteroatoms. The number of piperidine rings is 2. The molecule has 0 saturated carbocycles. The van der Waals surface area contributed by atoms with Gasteiger partial charge >= 0.3 is 0 Å². The van der Waals surface area contributed by atoms with Crippen molar-refractivity contribution in [1.82, 2.24) is 9.80 Å². The summed E-state index contributed by atoms with van der Waals surface area (Å²) < 4.78 is 0. The molecule has 2 saturated heterocycles. The quantitative estimate of drug-likeness (QED) is 0.589. The minimum atomic E-state index is 0.790. The minimum Gasteiger partial charge on any atom is -0.370 e. The molecule has 0 amide bonds. The van der Waals surface area contributed by atoms with Crippen LogP contribution in [-0.4, -0.2) is 76.3 Å². The van der Waals surface area contributed by atoms with Crippen molar-refractivity contribution >= 4 is 11.4 Å². The number of rotatable bonds is 0. The lowest BCUT2D eigenvalue weighted by molar-refractivity contribution is 0.186. The zero-order valence-electron chi connectivity index (χ0n) is 21.0. The van der Waals surface area contributed by atoms with Crippen LogP contribution in [0.15, 0.2) is 36.4 Å². The Hall–Kier alpha value is -2.04. The van der Waals surface area contributed by atoms with Crippen LogP contribution in [0.3, 0.4) is 0 Å². The molecule has 0 aromatic heterocycles. The van der Waals surface area contributed by atoms with E-state index in [9.17, 15) is 0 Å². The molecular weight excluding hydrogens is 416 g/mol. The van der Waals surface area contributed by atoms with E-state index in [4.69, 9.17) is 0 Å². The first-order valence-corrected chi connectivity index (χ1v) is 13.8. The molecule has 34 heavy (non-hydrogen) atoms. The first-order chi connectivity index (χ1) is 16.7. The summed E-state index contributed by atoms with van der Waals surface area (Å²) in [5.74, 6) is 3.37. The highest BCUT2D eigenvalue weighted by Gasteiger charge is 2.40. The number of nitrogens with zero attached hydrogens (tertiary/aromatic N) is 4. The van der Waals surface area contributed by atoms with E-state index in [1.165, 1.54) is 78.0 Å². The van der Waals surface area contributed by atoms with Gasteiger partial charge in [0.05, 0.1) is 0 Å². The van der Waals surface area contributed by atoms with E-state index in [0.717, 1.165) is 23.7 Å². The third kappa shape index (κ3) is 3.40. The monoisotopic (exact) mass is 456 g/mol. The average molecular weight is 457 g/mol. The molecule has 0 aliphatic carbocycles. The van der Waals surface area contributed by atoms with Crippen LogP contribution >= 0.6 is 0 Å². The van der Waals surface area contributed by atoms with Gasteiger partial charge in [-0.1, -0.05) is 36.4 Å². The molecule has 0 bridgehead atoms. The molecule has 2 aromatic carbocycles. The normalized spacial score (nSPS) is 31.2. The van der Waals surface area contributed by atoms with Gasteiger partial charge in [-0.2, -0.15) is 0 Å². The SMILES string of the molecule is CN1CC[C@@H]2CN3CCc4cccc(c43)[C@@H]2C1.CN1CC[C@@H]2CN3CCc4cccc(c43)[C@@H]2C1. The lowest BCUT2D eigenvalue weighted by atomic mass is 9.77. The zero-order chi connectivity index (χ0) is 22.8. The smallest absolute Gasteiger partial charge is 0.0435 e. The highest BCUT2D eigenvalue weighted by atomic mass is 15.2. The number of benzene rings is 2. The Labute approximate surface area is 205 Å². The van der Waals surface area contributed by atoms with Crippen molar-refractivity contribution in [3.8, 4) is 0 Å². The highest BCUT2D eigenvalue weighted by Crippen LogP contribution is 2.47. The first-order valence-electron chi connectivity index (χ1n) is 13.8. The third-order valence-corrected chi connectivity index (χ3v) is 9.86. The number of hydrogen-bond acceptors (Lipinski definition) is 4. The predicted octanol–water partition coefficient (Wildman–Crippen LogP) is 4.20. The highest BCUT2D eigenvalue weighted by molar-refractivity contribution is 5.67. The second-order valence-corrected chi connectivity index (χ2v) is 11.9. The second-order valence-electron chi connectivity index (χ2n) is 11.9. The van der Waals surface area contributed by atoms with Crippen LogP contribution in [0.2, 0.25) is 0 Å². The molecule has 4 atom stereocenters. The lowest BCUT2D eigenvalue weighted by Gasteiger charge is -2.44. The maximum Gasteiger partial charge on any atom is 0.0435 e. The van der Waals surface area contributed by atoms with Crippen molar-refractivity contribution in [1.29, 1.82) is 0 Å². The molecule has 6 aliphatic rings. The van der Waals surface area contributed by atoms with Crippen LogP contribution in [-0.2, 0) is 12.8 Å². The van der Waals surface area contributed by atoms with E-state index in [-0.39, 0.29) is 0 Å². The van der Waals surface area contributed by atoms with Gasteiger partial charge in [0.25, 0.3) is 0 Å². The van der Waals surface area contributed by atoms with Gasteiger partial charge in [0.2, 0.25) is 0 Å². The molecule has 0 N–H and O–H groups in total. The molecule has 0 radical (unpaired) electrons. The van der Waals surface area contributed by atoms with Crippen LogP contribution in [0, 0.1) is 11.8 Å². The van der Waals surface area contributed by atoms with Crippen LogP contribution in [0.4, 0.5) is 11.4 Å². The summed E-state index contributed by atoms with van der Waals surface area (Å²) in [6.45, 7) is 10.2. The van der Waals surface area contributed by atoms with Crippen molar-refractivity contribution in [3.05, 3.63) is 58.7 Å². The predicted molar refractivity (Wildman–Crippen MR) is 141 cm³/mol. The Morgan fingerprint density at radius 3 is 1.53 bits per heavy atom. The van der Waals surface area contributed by atoms with Crippen LogP contribution in [0.1, 0.15) is 46.9 Å². The van der Waals surface area contributed by atoms with Crippen molar-refractivity contribution in [2.24, 2.45) is 11.8 Å². The maximum atomic E-state index is 2.65. The van der Waals surface area contributed by atoms with Crippen LogP contribution in [0.5, 0.6) is 0 Å². The number of likely N-dealkylation sites (N-methyl/N-ethyl adjacent to an activating group) is 2. The van der Waals surface area contributed by atoms with E-state index in [0.29, 0.717) is 0 Å². The minimum absolute atomic E-state index is 0.790. The summed E-state index contributed by atoms with van der Waals surface area (Å²) in [7, 11) is 4.54. The Kier molecular flexibility index (Phi) is 5.17. The molecule has 2 aromatic rings. The number of anilines is 2. The van der Waals surface area contributed by atoms with Gasteiger partial charge in [-0.3, -0.25) is 0 Å². The van der Waals surface area contributed by atoms with E-state index >= 15 is 0 Å². The molecular formula is C30H40N4. The average Bonchev–Trinajstić information content (AvgIpc) is 3.47. The van der Waals surface area contributed by atoms with Crippen LogP contribution < -0.4 is 9.80 Å². The topological polar surface area (TPSA) is 13.0 Å². The Bertz CT molecular complexity index is 994. The summed E-state index contributed by atoms with van der Waals surface area (Å²) >= 11 is 0. The molecule has 8 rings (SSSR count). The largest absolute Gasteiger partial charge is 0.370 e. The molecule has 6 aliphatic heterocycles. The summed E-state index contributed by atoms with van der Waals surface area (Å²) in [6.07, 6.45) is 5.28. The molecule has 180 valence electrons. The van der Waals surface area contributed by atoms with E-state index in [2.05, 4.69) is 70.1 Å². The Balaban J connectivity index is 0.000000118. The third-order valence-electron chi connectivity index (χ3n) is 9.86. The fraction of sp³-hybridized carbons (Fsp3) is 0.600. The lowest BCUT2D eigenvalue weighted by Crippen LogP contribution is -2.45. The van der Waals surface area contributed by atoms with Gasteiger partial charge in [-0.15, -0.1) is 0 Å². The molecule has 6 heterocycles.